The lowest BCUT2D eigenvalue weighted by atomic mass is 10.3. The van der Waals surface area contributed by atoms with E-state index in [1.165, 1.54) is 51.0 Å². The normalized spacial score (nSPS) is 11.1. The van der Waals surface area contributed by atoms with Gasteiger partial charge in [0.15, 0.2) is 0 Å². The number of benzene rings is 6. The third-order valence-corrected chi connectivity index (χ3v) is 13.2. The molecule has 188 valence electrons. The second-order valence-corrected chi connectivity index (χ2v) is 14.7. The highest BCUT2D eigenvalue weighted by Crippen LogP contribution is 2.36. The van der Waals surface area contributed by atoms with Crippen LogP contribution in [-0.4, -0.2) is 0 Å². The lowest BCUT2D eigenvalue weighted by Crippen LogP contribution is -2.33. The highest BCUT2D eigenvalue weighted by atomic mass is 31.1. The average molecular weight is 554 g/mol. The monoisotopic (exact) mass is 553 g/mol. The van der Waals surface area contributed by atoms with E-state index in [1.54, 1.807) is 0 Å². The Hall–Kier alpha value is -3.39. The molecule has 0 bridgehead atoms. The van der Waals surface area contributed by atoms with Gasteiger partial charge < -0.3 is 8.58 Å². The van der Waals surface area contributed by atoms with Crippen molar-refractivity contribution >= 4 is 66.9 Å². The predicted octanol–water partition coefficient (Wildman–Crippen LogP) is 6.10. The Bertz CT molecular complexity index is 1410. The Balaban J connectivity index is 1.46. The minimum absolute atomic E-state index is 0.677. The fourth-order valence-corrected chi connectivity index (χ4v) is 11.3. The summed E-state index contributed by atoms with van der Waals surface area (Å²) in [6.45, 7) is 0. The molecule has 0 spiro atoms. The van der Waals surface area contributed by atoms with E-state index in [4.69, 9.17) is 0 Å². The summed E-state index contributed by atoms with van der Waals surface area (Å²) in [6.07, 6.45) is 0. The molecule has 6 rings (SSSR count). The second-order valence-electron chi connectivity index (χ2n) is 9.10. The van der Waals surface area contributed by atoms with Gasteiger partial charge in [-0.15, -0.1) is 0 Å². The molecule has 0 saturated carbocycles. The largest absolute Gasteiger partial charge is 0.471 e. The summed E-state index contributed by atoms with van der Waals surface area (Å²) >= 11 is 0. The molecular formula is C36H28P3-. The third kappa shape index (κ3) is 5.96. The van der Waals surface area contributed by atoms with Crippen LogP contribution in [0.3, 0.4) is 0 Å². The first-order chi connectivity index (χ1) is 19.4. The lowest BCUT2D eigenvalue weighted by Gasteiger charge is -2.33. The van der Waals surface area contributed by atoms with Gasteiger partial charge in [-0.1, -0.05) is 170 Å². The van der Waals surface area contributed by atoms with E-state index in [9.17, 15) is 0 Å². The zero-order valence-corrected chi connectivity index (χ0v) is 24.2. The van der Waals surface area contributed by atoms with E-state index in [0.717, 1.165) is 0 Å². The van der Waals surface area contributed by atoms with Crippen LogP contribution in [-0.2, 0) is 0 Å². The van der Waals surface area contributed by atoms with Gasteiger partial charge in [-0.3, -0.25) is 0 Å². The van der Waals surface area contributed by atoms with Gasteiger partial charge in [0.05, 0.1) is 0 Å². The Labute approximate surface area is 236 Å². The molecule has 0 aliphatic heterocycles. The molecule has 0 aliphatic carbocycles. The van der Waals surface area contributed by atoms with Gasteiger partial charge in [0.25, 0.3) is 0 Å². The van der Waals surface area contributed by atoms with E-state index >= 15 is 0 Å². The van der Waals surface area contributed by atoms with Crippen LogP contribution < -0.4 is 42.4 Å². The number of hydrogen-bond acceptors (Lipinski definition) is 0. The standard InChI is InChI=1S/C36H28P3/c1-5-17-29(18-6-1)38(30-19-7-2-8-20-30)35-27-15-13-25-33(35)37-34-26-14-16-28-36(34)39(31-21-9-3-10-22-31)32-23-11-4-12-24-32/h1-28H/q-1. The van der Waals surface area contributed by atoms with E-state index in [-0.39, 0.29) is 0 Å². The van der Waals surface area contributed by atoms with Crippen LogP contribution in [0.5, 0.6) is 0 Å². The molecule has 6 aromatic rings. The van der Waals surface area contributed by atoms with Gasteiger partial charge in [0.2, 0.25) is 0 Å². The predicted molar refractivity (Wildman–Crippen MR) is 176 cm³/mol. The molecule has 0 amide bonds. The molecule has 0 N–H and O–H groups in total. The van der Waals surface area contributed by atoms with E-state index in [2.05, 4.69) is 170 Å². The summed E-state index contributed by atoms with van der Waals surface area (Å²) in [7, 11) is -0.114. The van der Waals surface area contributed by atoms with Crippen molar-refractivity contribution in [2.75, 3.05) is 0 Å². The average Bonchev–Trinajstić information content (AvgIpc) is 3.01. The van der Waals surface area contributed by atoms with Gasteiger partial charge in [-0.2, -0.15) is 10.6 Å². The first-order valence-electron chi connectivity index (χ1n) is 13.1. The first kappa shape index (κ1) is 25.9. The maximum Gasteiger partial charge on any atom is -0.0152 e. The van der Waals surface area contributed by atoms with Crippen LogP contribution in [0.15, 0.2) is 170 Å². The summed E-state index contributed by atoms with van der Waals surface area (Å²) in [4.78, 5) is 0. The van der Waals surface area contributed by atoms with Crippen LogP contribution in [0.2, 0.25) is 0 Å². The minimum Gasteiger partial charge on any atom is -0.471 e. The molecule has 0 aromatic heterocycles. The molecular weight excluding hydrogens is 525 g/mol. The lowest BCUT2D eigenvalue weighted by molar-refractivity contribution is 1.74. The summed E-state index contributed by atoms with van der Waals surface area (Å²) in [5, 5.41) is 11.1. The van der Waals surface area contributed by atoms with Crippen LogP contribution in [0.25, 0.3) is 0 Å². The zero-order chi connectivity index (χ0) is 26.3. The molecule has 0 radical (unpaired) electrons. The van der Waals surface area contributed by atoms with Crippen molar-refractivity contribution in [1.29, 1.82) is 0 Å². The molecule has 6 aromatic carbocycles. The van der Waals surface area contributed by atoms with Crippen molar-refractivity contribution in [1.82, 2.24) is 0 Å². The van der Waals surface area contributed by atoms with Crippen molar-refractivity contribution in [2.45, 2.75) is 0 Å². The van der Waals surface area contributed by atoms with E-state index in [0.29, 0.717) is 0 Å². The molecule has 0 nitrogen and oxygen atoms in total. The van der Waals surface area contributed by atoms with Crippen molar-refractivity contribution in [3.63, 3.8) is 0 Å². The maximum atomic E-state index is 2.34. The highest BCUT2D eigenvalue weighted by molar-refractivity contribution is 7.82. The van der Waals surface area contributed by atoms with E-state index < -0.39 is 15.8 Å². The summed E-state index contributed by atoms with van der Waals surface area (Å²) in [5.41, 5.74) is 0. The van der Waals surface area contributed by atoms with Gasteiger partial charge in [0.1, 0.15) is 0 Å². The highest BCUT2D eigenvalue weighted by Gasteiger charge is 2.18. The smallest absolute Gasteiger partial charge is 0.0152 e. The molecule has 39 heavy (non-hydrogen) atoms. The molecule has 3 heteroatoms. The molecule has 0 fully saturated rings. The Kier molecular flexibility index (Phi) is 8.38. The van der Waals surface area contributed by atoms with Crippen LogP contribution in [0.4, 0.5) is 0 Å². The van der Waals surface area contributed by atoms with Crippen LogP contribution in [0, 0.1) is 0 Å². The molecule has 0 unspecified atom stereocenters. The van der Waals surface area contributed by atoms with Crippen LogP contribution >= 0.6 is 24.4 Å². The Morgan fingerprint density at radius 3 is 0.846 bits per heavy atom. The van der Waals surface area contributed by atoms with Crippen LogP contribution in [0.1, 0.15) is 0 Å². The maximum absolute atomic E-state index is 2.34. The number of rotatable bonds is 8. The van der Waals surface area contributed by atoms with Gasteiger partial charge >= 0.3 is 0 Å². The van der Waals surface area contributed by atoms with Crippen molar-refractivity contribution in [3.05, 3.63) is 170 Å². The molecule has 0 saturated heterocycles. The summed E-state index contributed by atoms with van der Waals surface area (Å²) in [5.74, 6) is 0. The Morgan fingerprint density at radius 2 is 0.538 bits per heavy atom. The van der Waals surface area contributed by atoms with Crippen molar-refractivity contribution in [3.8, 4) is 0 Å². The van der Waals surface area contributed by atoms with E-state index in [1.807, 2.05) is 0 Å². The molecule has 0 aliphatic rings. The fraction of sp³-hybridized carbons (Fsp3) is 0. The van der Waals surface area contributed by atoms with Crippen molar-refractivity contribution in [2.24, 2.45) is 0 Å². The topological polar surface area (TPSA) is 0 Å². The van der Waals surface area contributed by atoms with Crippen molar-refractivity contribution < 1.29 is 0 Å². The number of hydrogen-bond donors (Lipinski definition) is 0. The van der Waals surface area contributed by atoms with Gasteiger partial charge in [-0.25, -0.2) is 0 Å². The van der Waals surface area contributed by atoms with Gasteiger partial charge in [0, 0.05) is 0 Å². The quantitative estimate of drug-likeness (QED) is 0.200. The summed E-state index contributed by atoms with van der Waals surface area (Å²) < 4.78 is 0. The minimum atomic E-state index is -0.677. The molecule has 0 atom stereocenters. The third-order valence-electron chi connectivity index (χ3n) is 6.54. The molecule has 0 heterocycles. The summed E-state index contributed by atoms with van der Waals surface area (Å²) in [6, 6.07) is 62.1. The second kappa shape index (κ2) is 12.6. The Morgan fingerprint density at radius 1 is 0.282 bits per heavy atom. The fourth-order valence-electron chi connectivity index (χ4n) is 4.79. The first-order valence-corrected chi connectivity index (χ1v) is 16.7. The zero-order valence-electron chi connectivity index (χ0n) is 21.5. The SMILES string of the molecule is c1ccc(P(c2ccccc2)c2ccccc2[P-]c2ccccc2P(c2ccccc2)c2ccccc2)cc1. The van der Waals surface area contributed by atoms with Gasteiger partial charge in [-0.05, 0) is 47.7 Å².